The number of benzene rings is 2. The maximum Gasteiger partial charge on any atom is 0.171 e. The molecule has 0 aliphatic carbocycles. The number of nitrogens with zero attached hydrogens (tertiary/aromatic N) is 1. The molecule has 0 aliphatic heterocycles. The van der Waals surface area contributed by atoms with Crippen LogP contribution in [-0.2, 0) is 6.61 Å². The van der Waals surface area contributed by atoms with Crippen molar-refractivity contribution in [2.45, 2.75) is 16.7 Å². The average molecular weight is 291 g/mol. The zero-order chi connectivity index (χ0) is 13.2. The Morgan fingerprint density at radius 1 is 1.21 bits per heavy atom. The molecule has 3 aromatic rings. The van der Waals surface area contributed by atoms with E-state index in [0.717, 1.165) is 26.6 Å². The number of hydrogen-bond donors (Lipinski definition) is 2. The largest absolute Gasteiger partial charge is 0.392 e. The Morgan fingerprint density at radius 2 is 2.05 bits per heavy atom. The van der Waals surface area contributed by atoms with Crippen molar-refractivity contribution in [2.24, 2.45) is 0 Å². The van der Waals surface area contributed by atoms with Crippen LogP contribution in [0, 0.1) is 0 Å². The third-order valence-corrected chi connectivity index (χ3v) is 4.01. The second-order valence-electron chi connectivity index (χ2n) is 4.07. The van der Waals surface area contributed by atoms with Crippen LogP contribution in [-0.4, -0.2) is 15.1 Å². The summed E-state index contributed by atoms with van der Waals surface area (Å²) in [6.07, 6.45) is 0. The molecule has 96 valence electrons. The molecule has 2 N–H and O–H groups in total. The Morgan fingerprint density at radius 3 is 2.84 bits per heavy atom. The molecule has 0 radical (unpaired) electrons. The summed E-state index contributed by atoms with van der Waals surface area (Å²) in [6.45, 7) is -0.0386. The number of rotatable bonds is 3. The number of H-pyrrole nitrogens is 1. The molecule has 0 bridgehead atoms. The van der Waals surface area contributed by atoms with Crippen LogP contribution in [0.2, 0.25) is 5.02 Å². The number of aromatic amines is 1. The third kappa shape index (κ3) is 2.61. The highest BCUT2D eigenvalue weighted by Gasteiger charge is 2.08. The van der Waals surface area contributed by atoms with Crippen molar-refractivity contribution in [1.29, 1.82) is 0 Å². The summed E-state index contributed by atoms with van der Waals surface area (Å²) in [4.78, 5) is 8.70. The summed E-state index contributed by atoms with van der Waals surface area (Å²) in [7, 11) is 0. The minimum Gasteiger partial charge on any atom is -0.392 e. The van der Waals surface area contributed by atoms with E-state index in [2.05, 4.69) is 9.97 Å². The lowest BCUT2D eigenvalue weighted by molar-refractivity contribution is 0.279. The maximum atomic E-state index is 9.36. The smallest absolute Gasteiger partial charge is 0.171 e. The Bertz CT molecular complexity index is 693. The normalized spacial score (nSPS) is 11.1. The fraction of sp³-hybridized carbons (Fsp3) is 0.0714. The van der Waals surface area contributed by atoms with E-state index >= 15 is 0 Å². The molecular formula is C14H11ClN2OS. The highest BCUT2D eigenvalue weighted by atomic mass is 35.5. The van der Waals surface area contributed by atoms with Crippen LogP contribution in [0.5, 0.6) is 0 Å². The molecule has 0 amide bonds. The molecule has 0 fully saturated rings. The van der Waals surface area contributed by atoms with Crippen molar-refractivity contribution >= 4 is 34.4 Å². The van der Waals surface area contributed by atoms with E-state index in [1.807, 2.05) is 36.4 Å². The Labute approximate surface area is 119 Å². The van der Waals surface area contributed by atoms with Crippen molar-refractivity contribution in [3.8, 4) is 0 Å². The Kier molecular flexibility index (Phi) is 3.46. The highest BCUT2D eigenvalue weighted by Crippen LogP contribution is 2.31. The third-order valence-electron chi connectivity index (χ3n) is 2.77. The summed E-state index contributed by atoms with van der Waals surface area (Å²) in [6, 6.07) is 13.4. The van der Waals surface area contributed by atoms with Crippen LogP contribution in [0.1, 0.15) is 5.56 Å². The molecular weight excluding hydrogens is 280 g/mol. The number of aromatic nitrogens is 2. The molecule has 0 saturated heterocycles. The molecule has 0 atom stereocenters. The van der Waals surface area contributed by atoms with Crippen LogP contribution in [0.15, 0.2) is 52.5 Å². The van der Waals surface area contributed by atoms with Crippen molar-refractivity contribution in [2.75, 3.05) is 0 Å². The molecule has 3 rings (SSSR count). The van der Waals surface area contributed by atoms with Gasteiger partial charge in [-0.2, -0.15) is 0 Å². The van der Waals surface area contributed by atoms with E-state index in [1.54, 1.807) is 6.07 Å². The lowest BCUT2D eigenvalue weighted by Gasteiger charge is -2.05. The predicted molar refractivity (Wildman–Crippen MR) is 77.6 cm³/mol. The number of imidazole rings is 1. The molecule has 1 heterocycles. The Balaban J connectivity index is 1.96. The lowest BCUT2D eigenvalue weighted by Crippen LogP contribution is -1.88. The van der Waals surface area contributed by atoms with Gasteiger partial charge in [-0.15, -0.1) is 0 Å². The SMILES string of the molecule is OCc1cc(Cl)ccc1Sc1nc2ccccc2[nH]1. The van der Waals surface area contributed by atoms with Crippen LogP contribution in [0.4, 0.5) is 0 Å². The average Bonchev–Trinajstić information content (AvgIpc) is 2.83. The van der Waals surface area contributed by atoms with E-state index in [-0.39, 0.29) is 6.61 Å². The first-order valence-corrected chi connectivity index (χ1v) is 6.97. The van der Waals surface area contributed by atoms with Gasteiger partial charge in [0.1, 0.15) is 0 Å². The standard InChI is InChI=1S/C14H11ClN2OS/c15-10-5-6-13(9(7-10)8-18)19-14-16-11-3-1-2-4-12(11)17-14/h1-7,18H,8H2,(H,16,17). The molecule has 1 aromatic heterocycles. The van der Waals surface area contributed by atoms with E-state index in [9.17, 15) is 5.11 Å². The van der Waals surface area contributed by atoms with Gasteiger partial charge < -0.3 is 10.1 Å². The Hall–Kier alpha value is -1.49. The van der Waals surface area contributed by atoms with Gasteiger partial charge in [-0.25, -0.2) is 4.98 Å². The molecule has 19 heavy (non-hydrogen) atoms. The van der Waals surface area contributed by atoms with Crippen molar-refractivity contribution < 1.29 is 5.11 Å². The first kappa shape index (κ1) is 12.5. The number of aliphatic hydroxyl groups excluding tert-OH is 1. The summed E-state index contributed by atoms with van der Waals surface area (Å²) in [5.74, 6) is 0. The van der Waals surface area contributed by atoms with Crippen LogP contribution in [0.25, 0.3) is 11.0 Å². The lowest BCUT2D eigenvalue weighted by atomic mass is 10.2. The number of aliphatic hydroxyl groups is 1. The van der Waals surface area contributed by atoms with E-state index < -0.39 is 0 Å². The molecule has 3 nitrogen and oxygen atoms in total. The van der Waals surface area contributed by atoms with Crippen molar-refractivity contribution in [3.05, 3.63) is 53.1 Å². The van der Waals surface area contributed by atoms with Crippen LogP contribution in [0.3, 0.4) is 0 Å². The van der Waals surface area contributed by atoms with Crippen LogP contribution >= 0.6 is 23.4 Å². The fourth-order valence-corrected chi connectivity index (χ4v) is 2.95. The first-order valence-electron chi connectivity index (χ1n) is 5.78. The maximum absolute atomic E-state index is 9.36. The summed E-state index contributed by atoms with van der Waals surface area (Å²) >= 11 is 7.41. The van der Waals surface area contributed by atoms with Gasteiger partial charge >= 0.3 is 0 Å². The van der Waals surface area contributed by atoms with Crippen LogP contribution < -0.4 is 0 Å². The molecule has 0 aliphatic rings. The van der Waals surface area contributed by atoms with Gasteiger partial charge in [-0.05, 0) is 35.9 Å². The topological polar surface area (TPSA) is 48.9 Å². The number of halogens is 1. The molecule has 5 heteroatoms. The molecule has 0 spiro atoms. The van der Waals surface area contributed by atoms with Gasteiger partial charge in [0.15, 0.2) is 5.16 Å². The molecule has 2 aromatic carbocycles. The molecule has 0 saturated carbocycles. The van der Waals surface area contributed by atoms with Crippen molar-refractivity contribution in [3.63, 3.8) is 0 Å². The van der Waals surface area contributed by atoms with Crippen molar-refractivity contribution in [1.82, 2.24) is 9.97 Å². The van der Waals surface area contributed by atoms with Gasteiger partial charge in [0, 0.05) is 9.92 Å². The fourth-order valence-electron chi connectivity index (χ4n) is 1.85. The summed E-state index contributed by atoms with van der Waals surface area (Å²) in [5, 5.41) is 10.8. The second-order valence-corrected chi connectivity index (χ2v) is 5.54. The minimum atomic E-state index is -0.0386. The summed E-state index contributed by atoms with van der Waals surface area (Å²) < 4.78 is 0. The molecule has 0 unspecified atom stereocenters. The first-order chi connectivity index (χ1) is 9.26. The van der Waals surface area contributed by atoms with E-state index in [0.29, 0.717) is 5.02 Å². The number of nitrogens with one attached hydrogen (secondary N) is 1. The predicted octanol–water partition coefficient (Wildman–Crippen LogP) is 3.86. The van der Waals surface area contributed by atoms with E-state index in [4.69, 9.17) is 11.6 Å². The zero-order valence-corrected chi connectivity index (χ0v) is 11.5. The highest BCUT2D eigenvalue weighted by molar-refractivity contribution is 7.99. The van der Waals surface area contributed by atoms with Gasteiger partial charge in [-0.3, -0.25) is 0 Å². The zero-order valence-electron chi connectivity index (χ0n) is 9.93. The number of fused-ring (bicyclic) bond motifs is 1. The van der Waals surface area contributed by atoms with Gasteiger partial charge in [-0.1, -0.05) is 35.5 Å². The van der Waals surface area contributed by atoms with Gasteiger partial charge in [0.2, 0.25) is 0 Å². The van der Waals surface area contributed by atoms with Gasteiger partial charge in [0.05, 0.1) is 17.6 Å². The monoisotopic (exact) mass is 290 g/mol. The number of para-hydroxylation sites is 2. The summed E-state index contributed by atoms with van der Waals surface area (Å²) in [5.41, 5.74) is 2.74. The van der Waals surface area contributed by atoms with Gasteiger partial charge in [0.25, 0.3) is 0 Å². The quantitative estimate of drug-likeness (QED) is 0.770. The second kappa shape index (κ2) is 5.25. The number of hydrogen-bond acceptors (Lipinski definition) is 3. The van der Waals surface area contributed by atoms with E-state index in [1.165, 1.54) is 11.8 Å². The minimum absolute atomic E-state index is 0.0386.